The van der Waals surface area contributed by atoms with Gasteiger partial charge in [-0.15, -0.1) is 0 Å². The van der Waals surface area contributed by atoms with E-state index >= 15 is 0 Å². The van der Waals surface area contributed by atoms with Gasteiger partial charge >= 0.3 is 0 Å². The molecule has 20 heavy (non-hydrogen) atoms. The second-order valence-electron chi connectivity index (χ2n) is 5.79. The Hall–Kier alpha value is -1.00. The van der Waals surface area contributed by atoms with Gasteiger partial charge in [-0.3, -0.25) is 4.79 Å². The van der Waals surface area contributed by atoms with Crippen LogP contribution in [0.3, 0.4) is 0 Å². The number of carbonyl (C=O) groups excluding carboxylic acids is 1. The zero-order chi connectivity index (χ0) is 14.0. The number of hydrogen-bond acceptors (Lipinski definition) is 3. The lowest BCUT2D eigenvalue weighted by Crippen LogP contribution is -2.49. The first-order valence-electron chi connectivity index (χ1n) is 7.38. The molecule has 1 heterocycles. The molecule has 1 aliphatic heterocycles. The highest BCUT2D eigenvalue weighted by molar-refractivity contribution is 8.00. The summed E-state index contributed by atoms with van der Waals surface area (Å²) in [6, 6.07) is 8.09. The van der Waals surface area contributed by atoms with Crippen molar-refractivity contribution < 1.29 is 4.79 Å². The molecule has 1 aromatic carbocycles. The van der Waals surface area contributed by atoms with E-state index in [0.717, 1.165) is 25.1 Å². The number of carbonyl (C=O) groups is 1. The molecular weight excluding hydrogens is 268 g/mol. The Balaban J connectivity index is 1.66. The quantitative estimate of drug-likeness (QED) is 0.894. The van der Waals surface area contributed by atoms with E-state index in [9.17, 15) is 4.79 Å². The molecule has 1 fully saturated rings. The number of fused-ring (bicyclic) bond motifs is 1. The molecule has 108 valence electrons. The van der Waals surface area contributed by atoms with Crippen LogP contribution in [0, 0.1) is 0 Å². The lowest BCUT2D eigenvalue weighted by molar-refractivity contribution is -0.123. The van der Waals surface area contributed by atoms with Crippen LogP contribution in [0.1, 0.15) is 36.4 Å². The third kappa shape index (κ3) is 2.59. The fraction of sp³-hybridized carbons (Fsp3) is 0.562. The van der Waals surface area contributed by atoms with Crippen LogP contribution in [-0.2, 0) is 11.2 Å². The van der Waals surface area contributed by atoms with Crippen molar-refractivity contribution in [3.63, 3.8) is 0 Å². The lowest BCUT2D eigenvalue weighted by atomic mass is 9.84. The van der Waals surface area contributed by atoms with Crippen LogP contribution in [0.5, 0.6) is 0 Å². The maximum Gasteiger partial charge on any atom is 0.241 e. The Bertz CT molecular complexity index is 493. The predicted octanol–water partition coefficient (Wildman–Crippen LogP) is 2.28. The van der Waals surface area contributed by atoms with Gasteiger partial charge in [0, 0.05) is 17.8 Å². The van der Waals surface area contributed by atoms with Crippen molar-refractivity contribution >= 4 is 17.7 Å². The van der Waals surface area contributed by atoms with Crippen LogP contribution in [0.2, 0.25) is 0 Å². The number of hydrogen-bond donors (Lipinski definition) is 2. The monoisotopic (exact) mass is 290 g/mol. The molecule has 2 aliphatic rings. The van der Waals surface area contributed by atoms with Gasteiger partial charge in [-0.1, -0.05) is 30.7 Å². The van der Waals surface area contributed by atoms with Gasteiger partial charge < -0.3 is 10.6 Å². The molecule has 1 amide bonds. The van der Waals surface area contributed by atoms with Crippen molar-refractivity contribution in [3.05, 3.63) is 35.4 Å². The van der Waals surface area contributed by atoms with Crippen molar-refractivity contribution in [1.29, 1.82) is 0 Å². The van der Waals surface area contributed by atoms with Gasteiger partial charge in [0.2, 0.25) is 5.91 Å². The predicted molar refractivity (Wildman–Crippen MR) is 84.0 cm³/mol. The normalized spacial score (nSPS) is 23.6. The number of rotatable bonds is 4. The van der Waals surface area contributed by atoms with E-state index in [-0.39, 0.29) is 11.9 Å². The smallest absolute Gasteiger partial charge is 0.241 e. The SMILES string of the molecule is CSC1(CNC(=O)C2NCCc3ccccc32)CCC1. The summed E-state index contributed by atoms with van der Waals surface area (Å²) >= 11 is 1.90. The Morgan fingerprint density at radius 3 is 2.95 bits per heavy atom. The van der Waals surface area contributed by atoms with Gasteiger partial charge in [0.05, 0.1) is 0 Å². The lowest BCUT2D eigenvalue weighted by Gasteiger charge is -2.41. The van der Waals surface area contributed by atoms with E-state index in [1.54, 1.807) is 0 Å². The summed E-state index contributed by atoms with van der Waals surface area (Å²) in [6.07, 6.45) is 6.90. The molecule has 0 saturated heterocycles. The van der Waals surface area contributed by atoms with Gasteiger partial charge in [-0.25, -0.2) is 0 Å². The Kier molecular flexibility index (Phi) is 4.03. The first kappa shape index (κ1) is 14.0. The van der Waals surface area contributed by atoms with E-state index in [4.69, 9.17) is 0 Å². The second kappa shape index (κ2) is 5.78. The molecule has 3 rings (SSSR count). The minimum absolute atomic E-state index is 0.123. The molecule has 1 unspecified atom stereocenters. The Labute approximate surface area is 124 Å². The van der Waals surface area contributed by atoms with Crippen LogP contribution in [0.15, 0.2) is 24.3 Å². The van der Waals surface area contributed by atoms with Gasteiger partial charge in [-0.05, 0) is 36.6 Å². The summed E-state index contributed by atoms with van der Waals surface area (Å²) in [6.45, 7) is 1.68. The molecule has 3 nitrogen and oxygen atoms in total. The van der Waals surface area contributed by atoms with E-state index < -0.39 is 0 Å². The van der Waals surface area contributed by atoms with Crippen LogP contribution in [-0.4, -0.2) is 30.0 Å². The van der Waals surface area contributed by atoms with Crippen LogP contribution >= 0.6 is 11.8 Å². The summed E-state index contributed by atoms with van der Waals surface area (Å²) in [5.41, 5.74) is 2.44. The zero-order valence-electron chi connectivity index (χ0n) is 11.9. The summed E-state index contributed by atoms with van der Waals surface area (Å²) < 4.78 is 0.295. The Morgan fingerprint density at radius 1 is 1.45 bits per heavy atom. The standard InChI is InChI=1S/C16H22N2OS/c1-20-16(8-4-9-16)11-18-15(19)14-13-6-3-2-5-12(13)7-10-17-14/h2-3,5-6,14,17H,4,7-11H2,1H3,(H,18,19). The molecule has 1 saturated carbocycles. The molecule has 1 aliphatic carbocycles. The average Bonchev–Trinajstić information content (AvgIpc) is 2.46. The van der Waals surface area contributed by atoms with Gasteiger partial charge in [0.25, 0.3) is 0 Å². The molecule has 0 radical (unpaired) electrons. The summed E-state index contributed by atoms with van der Waals surface area (Å²) in [4.78, 5) is 12.5. The molecule has 0 bridgehead atoms. The molecule has 2 N–H and O–H groups in total. The zero-order valence-corrected chi connectivity index (χ0v) is 12.8. The third-order valence-electron chi connectivity index (χ3n) is 4.65. The minimum atomic E-state index is -0.182. The van der Waals surface area contributed by atoms with Crippen molar-refractivity contribution in [2.75, 3.05) is 19.3 Å². The van der Waals surface area contributed by atoms with Crippen LogP contribution in [0.25, 0.3) is 0 Å². The fourth-order valence-corrected chi connectivity index (χ4v) is 4.03. The Morgan fingerprint density at radius 2 is 2.25 bits per heavy atom. The molecular formula is C16H22N2OS. The molecule has 1 atom stereocenters. The van der Waals surface area contributed by atoms with Crippen molar-refractivity contribution in [2.45, 2.75) is 36.5 Å². The third-order valence-corrected chi connectivity index (χ3v) is 6.07. The van der Waals surface area contributed by atoms with E-state index in [2.05, 4.69) is 35.1 Å². The number of nitrogens with one attached hydrogen (secondary N) is 2. The minimum Gasteiger partial charge on any atom is -0.353 e. The second-order valence-corrected chi connectivity index (χ2v) is 7.07. The molecule has 0 aromatic heterocycles. The van der Waals surface area contributed by atoms with E-state index in [0.29, 0.717) is 4.75 Å². The number of thioether (sulfide) groups is 1. The first-order valence-corrected chi connectivity index (χ1v) is 8.61. The van der Waals surface area contributed by atoms with E-state index in [1.165, 1.54) is 24.8 Å². The van der Waals surface area contributed by atoms with Crippen molar-refractivity contribution in [1.82, 2.24) is 10.6 Å². The van der Waals surface area contributed by atoms with Crippen molar-refractivity contribution in [3.8, 4) is 0 Å². The summed E-state index contributed by atoms with van der Waals surface area (Å²) in [5.74, 6) is 0.123. The summed E-state index contributed by atoms with van der Waals surface area (Å²) in [5, 5.41) is 6.51. The largest absolute Gasteiger partial charge is 0.353 e. The van der Waals surface area contributed by atoms with E-state index in [1.807, 2.05) is 17.8 Å². The maximum atomic E-state index is 12.5. The average molecular weight is 290 g/mol. The maximum absolute atomic E-state index is 12.5. The van der Waals surface area contributed by atoms with Gasteiger partial charge in [0.15, 0.2) is 0 Å². The molecule has 4 heteroatoms. The fourth-order valence-electron chi connectivity index (χ4n) is 3.11. The summed E-state index contributed by atoms with van der Waals surface area (Å²) in [7, 11) is 0. The highest BCUT2D eigenvalue weighted by Crippen LogP contribution is 2.42. The number of benzene rings is 1. The van der Waals surface area contributed by atoms with Crippen LogP contribution in [0.4, 0.5) is 0 Å². The number of amides is 1. The highest BCUT2D eigenvalue weighted by Gasteiger charge is 2.37. The highest BCUT2D eigenvalue weighted by atomic mass is 32.2. The van der Waals surface area contributed by atoms with Gasteiger partial charge in [0.1, 0.15) is 6.04 Å². The first-order chi connectivity index (χ1) is 9.74. The topological polar surface area (TPSA) is 41.1 Å². The molecule has 0 spiro atoms. The van der Waals surface area contributed by atoms with Gasteiger partial charge in [-0.2, -0.15) is 11.8 Å². The van der Waals surface area contributed by atoms with Crippen molar-refractivity contribution in [2.24, 2.45) is 0 Å². The molecule has 1 aromatic rings. The van der Waals surface area contributed by atoms with Crippen LogP contribution < -0.4 is 10.6 Å².